The minimum absolute atomic E-state index is 1.09. The van der Waals surface area contributed by atoms with E-state index in [9.17, 15) is 0 Å². The predicted octanol–water partition coefficient (Wildman–Crippen LogP) is 3.48. The molecule has 0 aromatic rings. The summed E-state index contributed by atoms with van der Waals surface area (Å²) < 4.78 is 0. The highest BCUT2D eigenvalue weighted by molar-refractivity contribution is 5.25. The number of allylic oxidation sites excluding steroid dienone is 4. The van der Waals surface area contributed by atoms with Crippen molar-refractivity contribution >= 4 is 0 Å². The van der Waals surface area contributed by atoms with Crippen molar-refractivity contribution in [1.29, 1.82) is 0 Å². The van der Waals surface area contributed by atoms with Gasteiger partial charge in [0, 0.05) is 0 Å². The van der Waals surface area contributed by atoms with Gasteiger partial charge in [0.25, 0.3) is 0 Å². The highest BCUT2D eigenvalue weighted by Crippen LogP contribution is 2.06. The van der Waals surface area contributed by atoms with Crippen molar-refractivity contribution in [2.45, 2.75) is 26.7 Å². The molecule has 0 saturated carbocycles. The quantitative estimate of drug-likeness (QED) is 0.519. The molecule has 10 heavy (non-hydrogen) atoms. The van der Waals surface area contributed by atoms with Crippen molar-refractivity contribution in [3.05, 3.63) is 36.5 Å². The van der Waals surface area contributed by atoms with E-state index in [4.69, 9.17) is 0 Å². The summed E-state index contributed by atoms with van der Waals surface area (Å²) in [5.41, 5.74) is 2.39. The van der Waals surface area contributed by atoms with Gasteiger partial charge in [0.1, 0.15) is 0 Å². The van der Waals surface area contributed by atoms with Crippen LogP contribution in [-0.2, 0) is 0 Å². The summed E-state index contributed by atoms with van der Waals surface area (Å²) in [4.78, 5) is 0. The van der Waals surface area contributed by atoms with Crippen molar-refractivity contribution in [2.24, 2.45) is 0 Å². The first kappa shape index (κ1) is 9.22. The Morgan fingerprint density at radius 2 is 2.10 bits per heavy atom. The molecule has 0 radical (unpaired) electrons. The van der Waals surface area contributed by atoms with Crippen LogP contribution in [0.25, 0.3) is 0 Å². The van der Waals surface area contributed by atoms with Gasteiger partial charge in [-0.15, -0.1) is 0 Å². The second-order valence-electron chi connectivity index (χ2n) is 2.50. The average Bonchev–Trinajstić information content (AvgIpc) is 1.88. The summed E-state index contributed by atoms with van der Waals surface area (Å²) in [7, 11) is 0. The van der Waals surface area contributed by atoms with Gasteiger partial charge >= 0.3 is 0 Å². The molecule has 0 unspecified atom stereocenters. The third-order valence-corrected chi connectivity index (χ3v) is 1.32. The van der Waals surface area contributed by atoms with E-state index in [-0.39, 0.29) is 0 Å². The van der Waals surface area contributed by atoms with Crippen LogP contribution in [0, 0.1) is 0 Å². The lowest BCUT2D eigenvalue weighted by atomic mass is 10.1. The summed E-state index contributed by atoms with van der Waals surface area (Å²) in [6.07, 6.45) is 6.18. The predicted molar refractivity (Wildman–Crippen MR) is 48.0 cm³/mol. The Balaban J connectivity index is 3.86. The zero-order valence-corrected chi connectivity index (χ0v) is 6.98. The molecule has 0 N–H and O–H groups in total. The third-order valence-electron chi connectivity index (χ3n) is 1.32. The van der Waals surface area contributed by atoms with E-state index in [1.165, 1.54) is 17.6 Å². The normalized spacial score (nSPS) is 11.2. The Kier molecular flexibility index (Phi) is 4.65. The molecule has 0 spiro atoms. The Hall–Kier alpha value is -0.780. The average molecular weight is 136 g/mol. The number of rotatable bonds is 4. The third kappa shape index (κ3) is 4.13. The lowest BCUT2D eigenvalue weighted by Crippen LogP contribution is -1.75. The molecule has 56 valence electrons. The van der Waals surface area contributed by atoms with Crippen LogP contribution < -0.4 is 0 Å². The van der Waals surface area contributed by atoms with Crippen LogP contribution in [-0.4, -0.2) is 0 Å². The Bertz CT molecular complexity index is 149. The summed E-state index contributed by atoms with van der Waals surface area (Å²) in [5, 5.41) is 0. The standard InChI is InChI=1S/C10H16/c1-5-7-10(4)8-9(3)6-2/h6,8H,2,4-5,7H2,1,3H3/b9-8-. The molecule has 0 nitrogen and oxygen atoms in total. The van der Waals surface area contributed by atoms with Gasteiger partial charge in [-0.2, -0.15) is 0 Å². The van der Waals surface area contributed by atoms with Gasteiger partial charge < -0.3 is 0 Å². The molecule has 0 aromatic carbocycles. The van der Waals surface area contributed by atoms with E-state index in [0.29, 0.717) is 0 Å². The Morgan fingerprint density at radius 3 is 2.50 bits per heavy atom. The van der Waals surface area contributed by atoms with E-state index < -0.39 is 0 Å². The molecule has 0 aliphatic rings. The fraction of sp³-hybridized carbons (Fsp3) is 0.400. The summed E-state index contributed by atoms with van der Waals surface area (Å²) in [6, 6.07) is 0. The molecule has 0 fully saturated rings. The van der Waals surface area contributed by atoms with Crippen molar-refractivity contribution in [3.8, 4) is 0 Å². The van der Waals surface area contributed by atoms with Gasteiger partial charge in [0.2, 0.25) is 0 Å². The molecule has 0 amide bonds. The summed E-state index contributed by atoms with van der Waals surface area (Å²) >= 11 is 0. The molecular weight excluding hydrogens is 120 g/mol. The molecule has 0 aliphatic heterocycles. The topological polar surface area (TPSA) is 0 Å². The van der Waals surface area contributed by atoms with E-state index in [1.54, 1.807) is 0 Å². The molecule has 0 saturated heterocycles. The monoisotopic (exact) mass is 136 g/mol. The Labute approximate surface area is 64.0 Å². The van der Waals surface area contributed by atoms with E-state index in [0.717, 1.165) is 6.42 Å². The molecular formula is C10H16. The van der Waals surface area contributed by atoms with Gasteiger partial charge in [0.15, 0.2) is 0 Å². The lowest BCUT2D eigenvalue weighted by Gasteiger charge is -1.96. The fourth-order valence-electron chi connectivity index (χ4n) is 0.774. The molecule has 0 rings (SSSR count). The van der Waals surface area contributed by atoms with Gasteiger partial charge in [-0.3, -0.25) is 0 Å². The summed E-state index contributed by atoms with van der Waals surface area (Å²) in [5.74, 6) is 0. The number of hydrogen-bond acceptors (Lipinski definition) is 0. The maximum atomic E-state index is 3.91. The van der Waals surface area contributed by atoms with Gasteiger partial charge in [-0.05, 0) is 13.3 Å². The maximum absolute atomic E-state index is 3.91. The maximum Gasteiger partial charge on any atom is -0.0287 e. The molecule has 0 heterocycles. The van der Waals surface area contributed by atoms with Gasteiger partial charge in [0.05, 0.1) is 0 Å². The first-order valence-electron chi connectivity index (χ1n) is 3.69. The summed E-state index contributed by atoms with van der Waals surface area (Å²) in [6.45, 7) is 11.8. The van der Waals surface area contributed by atoms with Crippen LogP contribution >= 0.6 is 0 Å². The van der Waals surface area contributed by atoms with Crippen LogP contribution in [0.5, 0.6) is 0 Å². The minimum Gasteiger partial charge on any atom is -0.0988 e. The largest absolute Gasteiger partial charge is 0.0988 e. The van der Waals surface area contributed by atoms with Crippen LogP contribution in [0.2, 0.25) is 0 Å². The van der Waals surface area contributed by atoms with Crippen LogP contribution in [0.1, 0.15) is 26.7 Å². The van der Waals surface area contributed by atoms with Crippen LogP contribution in [0.4, 0.5) is 0 Å². The first-order chi connectivity index (χ1) is 4.70. The molecule has 0 atom stereocenters. The van der Waals surface area contributed by atoms with Crippen molar-refractivity contribution < 1.29 is 0 Å². The van der Waals surface area contributed by atoms with E-state index >= 15 is 0 Å². The van der Waals surface area contributed by atoms with Crippen molar-refractivity contribution in [1.82, 2.24) is 0 Å². The SMILES string of the molecule is C=C/C(C)=C\C(=C)CCC. The smallest absolute Gasteiger partial charge is 0.0287 e. The zero-order chi connectivity index (χ0) is 7.98. The molecule has 0 heteroatoms. The van der Waals surface area contributed by atoms with Gasteiger partial charge in [-0.1, -0.05) is 49.8 Å². The first-order valence-corrected chi connectivity index (χ1v) is 3.69. The van der Waals surface area contributed by atoms with Crippen molar-refractivity contribution in [2.75, 3.05) is 0 Å². The fourth-order valence-corrected chi connectivity index (χ4v) is 0.774. The minimum atomic E-state index is 1.09. The van der Waals surface area contributed by atoms with Crippen molar-refractivity contribution in [3.63, 3.8) is 0 Å². The van der Waals surface area contributed by atoms with Crippen LogP contribution in [0.15, 0.2) is 36.5 Å². The van der Waals surface area contributed by atoms with E-state index in [1.807, 2.05) is 13.0 Å². The second kappa shape index (κ2) is 5.04. The van der Waals surface area contributed by atoms with E-state index in [2.05, 4.69) is 26.2 Å². The Morgan fingerprint density at radius 1 is 1.50 bits per heavy atom. The lowest BCUT2D eigenvalue weighted by molar-refractivity contribution is 0.928. The highest BCUT2D eigenvalue weighted by Gasteiger charge is 1.86. The molecule has 0 aliphatic carbocycles. The molecule has 0 aromatic heterocycles. The highest BCUT2D eigenvalue weighted by atomic mass is 13.9. The molecule has 0 bridgehead atoms. The van der Waals surface area contributed by atoms with Gasteiger partial charge in [-0.25, -0.2) is 0 Å². The number of hydrogen-bond donors (Lipinski definition) is 0. The second-order valence-corrected chi connectivity index (χ2v) is 2.50. The zero-order valence-electron chi connectivity index (χ0n) is 6.98. The van der Waals surface area contributed by atoms with Crippen LogP contribution in [0.3, 0.4) is 0 Å².